The smallest absolute Gasteiger partial charge is 0.306 e. The zero-order valence-corrected chi connectivity index (χ0v) is 24.3. The van der Waals surface area contributed by atoms with Crippen molar-refractivity contribution in [3.63, 3.8) is 0 Å². The van der Waals surface area contributed by atoms with E-state index in [1.54, 1.807) is 0 Å². The molecule has 0 spiro atoms. The molecule has 2 aliphatic heterocycles. The zero-order chi connectivity index (χ0) is 27.3. The van der Waals surface area contributed by atoms with Gasteiger partial charge < -0.3 is 14.6 Å². The summed E-state index contributed by atoms with van der Waals surface area (Å²) in [5.41, 5.74) is 0. The van der Waals surface area contributed by atoms with Gasteiger partial charge in [0.1, 0.15) is 6.61 Å². The number of nitrogens with zero attached hydrogens (tertiary/aromatic N) is 2. The number of carboxylic acid groups (broad SMARTS) is 1. The highest BCUT2D eigenvalue weighted by atomic mass is 16.5. The van der Waals surface area contributed by atoms with Crippen molar-refractivity contribution in [3.05, 3.63) is 12.2 Å². The SMILES string of the molecule is CCCCCCC=CCOC(=O)CCCCCCCN1CC2CN(CCCCCCCC(=O)O)CC(C1)O2. The molecule has 2 rings (SSSR count). The van der Waals surface area contributed by atoms with Crippen molar-refractivity contribution >= 4 is 11.9 Å². The van der Waals surface area contributed by atoms with Crippen LogP contribution in [0, 0.1) is 0 Å². The Labute approximate surface area is 232 Å². The van der Waals surface area contributed by atoms with Gasteiger partial charge in [0, 0.05) is 39.0 Å². The zero-order valence-electron chi connectivity index (χ0n) is 24.3. The first kappa shape index (κ1) is 32.8. The van der Waals surface area contributed by atoms with Crippen LogP contribution in [0.15, 0.2) is 12.2 Å². The number of allylic oxidation sites excluding steroid dienone is 1. The number of carbonyl (C=O) groups excluding carboxylic acids is 1. The number of fused-ring (bicyclic) bond motifs is 2. The number of hydrogen-bond donors (Lipinski definition) is 1. The number of rotatable bonds is 23. The Balaban J connectivity index is 1.40. The molecule has 0 saturated carbocycles. The van der Waals surface area contributed by atoms with Crippen molar-refractivity contribution in [3.8, 4) is 0 Å². The van der Waals surface area contributed by atoms with Crippen LogP contribution in [0.25, 0.3) is 0 Å². The van der Waals surface area contributed by atoms with E-state index in [4.69, 9.17) is 14.6 Å². The molecule has 2 fully saturated rings. The maximum absolute atomic E-state index is 11.9. The molecule has 2 bridgehead atoms. The number of morpholine rings is 2. The third-order valence-electron chi connectivity index (χ3n) is 7.68. The minimum Gasteiger partial charge on any atom is -0.481 e. The first-order valence-corrected chi connectivity index (χ1v) is 15.7. The monoisotopic (exact) mass is 536 g/mol. The Morgan fingerprint density at radius 3 is 1.84 bits per heavy atom. The maximum atomic E-state index is 11.9. The van der Waals surface area contributed by atoms with Crippen LogP contribution in [0.1, 0.15) is 116 Å². The third-order valence-corrected chi connectivity index (χ3v) is 7.68. The third kappa shape index (κ3) is 16.5. The summed E-state index contributed by atoms with van der Waals surface area (Å²) in [6.45, 7) is 9.09. The lowest BCUT2D eigenvalue weighted by atomic mass is 10.1. The van der Waals surface area contributed by atoms with E-state index in [1.807, 2.05) is 6.08 Å². The lowest BCUT2D eigenvalue weighted by Gasteiger charge is -2.46. The fourth-order valence-corrected chi connectivity index (χ4v) is 5.59. The second-order valence-electron chi connectivity index (χ2n) is 11.3. The normalized spacial score (nSPS) is 20.2. The van der Waals surface area contributed by atoms with Crippen molar-refractivity contribution in [2.75, 3.05) is 45.9 Å². The standard InChI is InChI=1S/C31H56N2O5/c1-2-3-4-5-6-13-18-23-37-31(36)20-15-10-8-12-17-22-33-26-28-24-32(25-29(27-33)38-28)21-16-11-7-9-14-19-30(34)35/h13,18,28-29H,2-12,14-17,19-27H2,1H3,(H,34,35). The van der Waals surface area contributed by atoms with Gasteiger partial charge in [-0.2, -0.15) is 0 Å². The second-order valence-corrected chi connectivity index (χ2v) is 11.3. The van der Waals surface area contributed by atoms with Gasteiger partial charge >= 0.3 is 11.9 Å². The van der Waals surface area contributed by atoms with Crippen LogP contribution in [0.2, 0.25) is 0 Å². The van der Waals surface area contributed by atoms with Gasteiger partial charge in [0.25, 0.3) is 0 Å². The number of carbonyl (C=O) groups is 2. The van der Waals surface area contributed by atoms with Gasteiger partial charge in [-0.15, -0.1) is 0 Å². The minimum atomic E-state index is -0.680. The number of unbranched alkanes of at least 4 members (excludes halogenated alkanes) is 12. The molecule has 2 aliphatic rings. The number of ether oxygens (including phenoxy) is 2. The summed E-state index contributed by atoms with van der Waals surface area (Å²) in [5, 5.41) is 8.71. The quantitative estimate of drug-likeness (QED) is 0.0945. The predicted octanol–water partition coefficient (Wildman–Crippen LogP) is 6.21. The molecule has 7 heteroatoms. The first-order valence-electron chi connectivity index (χ1n) is 15.7. The fourth-order valence-electron chi connectivity index (χ4n) is 5.59. The number of carboxylic acids is 1. The summed E-state index contributed by atoms with van der Waals surface area (Å²) in [5.74, 6) is -0.745. The van der Waals surface area contributed by atoms with Gasteiger partial charge in [0.05, 0.1) is 12.2 Å². The molecule has 0 amide bonds. The fraction of sp³-hybridized carbons (Fsp3) is 0.871. The summed E-state index contributed by atoms with van der Waals surface area (Å²) in [7, 11) is 0. The van der Waals surface area contributed by atoms with E-state index in [1.165, 1.54) is 57.8 Å². The topological polar surface area (TPSA) is 79.3 Å². The molecule has 0 aromatic rings. The number of esters is 1. The molecule has 0 aromatic carbocycles. The molecule has 0 radical (unpaired) electrons. The number of hydrogen-bond acceptors (Lipinski definition) is 6. The van der Waals surface area contributed by atoms with Gasteiger partial charge in [-0.3, -0.25) is 19.4 Å². The highest BCUT2D eigenvalue weighted by Crippen LogP contribution is 2.20. The average molecular weight is 537 g/mol. The van der Waals surface area contributed by atoms with Crippen LogP contribution in [0.4, 0.5) is 0 Å². The van der Waals surface area contributed by atoms with Gasteiger partial charge in [-0.25, -0.2) is 0 Å². The molecule has 38 heavy (non-hydrogen) atoms. The Kier molecular flexibility index (Phi) is 18.4. The van der Waals surface area contributed by atoms with E-state index in [0.29, 0.717) is 31.7 Å². The summed E-state index contributed by atoms with van der Waals surface area (Å²) >= 11 is 0. The second kappa shape index (κ2) is 21.4. The molecular formula is C31H56N2O5. The summed E-state index contributed by atoms with van der Waals surface area (Å²) in [4.78, 5) is 27.6. The number of aliphatic carboxylic acids is 1. The van der Waals surface area contributed by atoms with Crippen molar-refractivity contribution in [2.45, 2.75) is 128 Å². The Hall–Kier alpha value is -1.44. The molecule has 2 unspecified atom stereocenters. The van der Waals surface area contributed by atoms with Gasteiger partial charge in [-0.1, -0.05) is 76.9 Å². The van der Waals surface area contributed by atoms with Crippen molar-refractivity contribution < 1.29 is 24.2 Å². The largest absolute Gasteiger partial charge is 0.481 e. The lowest BCUT2D eigenvalue weighted by molar-refractivity contribution is -0.142. The molecule has 2 atom stereocenters. The Morgan fingerprint density at radius 2 is 1.26 bits per heavy atom. The molecule has 0 aliphatic carbocycles. The van der Waals surface area contributed by atoms with E-state index < -0.39 is 5.97 Å². The van der Waals surface area contributed by atoms with E-state index in [0.717, 1.165) is 77.8 Å². The first-order chi connectivity index (χ1) is 18.6. The molecule has 2 saturated heterocycles. The maximum Gasteiger partial charge on any atom is 0.306 e. The Bertz CT molecular complexity index is 642. The molecule has 1 N–H and O–H groups in total. The van der Waals surface area contributed by atoms with Crippen molar-refractivity contribution in [1.82, 2.24) is 9.80 Å². The molecule has 7 nitrogen and oxygen atoms in total. The summed E-state index contributed by atoms with van der Waals surface area (Å²) in [6, 6.07) is 0. The Morgan fingerprint density at radius 1 is 0.737 bits per heavy atom. The predicted molar refractivity (Wildman–Crippen MR) is 153 cm³/mol. The van der Waals surface area contributed by atoms with Crippen LogP contribution in [-0.4, -0.2) is 84.9 Å². The minimum absolute atomic E-state index is 0.0646. The summed E-state index contributed by atoms with van der Waals surface area (Å²) in [6.07, 6.45) is 22.8. The van der Waals surface area contributed by atoms with E-state index in [2.05, 4.69) is 22.8 Å². The van der Waals surface area contributed by atoms with Gasteiger partial charge in [-0.05, 0) is 51.6 Å². The van der Waals surface area contributed by atoms with Crippen LogP contribution in [-0.2, 0) is 19.1 Å². The van der Waals surface area contributed by atoms with Crippen LogP contribution in [0.3, 0.4) is 0 Å². The lowest BCUT2D eigenvalue weighted by Crippen LogP contribution is -2.59. The van der Waals surface area contributed by atoms with Crippen LogP contribution in [0.5, 0.6) is 0 Å². The highest BCUT2D eigenvalue weighted by Gasteiger charge is 2.34. The average Bonchev–Trinajstić information content (AvgIpc) is 2.88. The van der Waals surface area contributed by atoms with Gasteiger partial charge in [0.2, 0.25) is 0 Å². The molecule has 0 aromatic heterocycles. The van der Waals surface area contributed by atoms with Gasteiger partial charge in [0.15, 0.2) is 0 Å². The molecular weight excluding hydrogens is 480 g/mol. The van der Waals surface area contributed by atoms with Crippen LogP contribution < -0.4 is 0 Å². The van der Waals surface area contributed by atoms with Crippen molar-refractivity contribution in [2.24, 2.45) is 0 Å². The van der Waals surface area contributed by atoms with Crippen LogP contribution >= 0.6 is 0 Å². The summed E-state index contributed by atoms with van der Waals surface area (Å²) < 4.78 is 11.5. The van der Waals surface area contributed by atoms with E-state index in [9.17, 15) is 9.59 Å². The highest BCUT2D eigenvalue weighted by molar-refractivity contribution is 5.69. The molecule has 220 valence electrons. The molecule has 2 heterocycles. The van der Waals surface area contributed by atoms with E-state index >= 15 is 0 Å². The van der Waals surface area contributed by atoms with E-state index in [-0.39, 0.29) is 5.97 Å². The van der Waals surface area contributed by atoms with Crippen molar-refractivity contribution in [1.29, 1.82) is 0 Å².